The lowest BCUT2D eigenvalue weighted by atomic mass is 9.86. The molecular formula is C19H26N2O3. The number of carbonyl (C=O) groups excluding carboxylic acids is 2. The summed E-state index contributed by atoms with van der Waals surface area (Å²) in [6, 6.07) is 0. The molecule has 0 atom stereocenters. The van der Waals surface area contributed by atoms with Crippen LogP contribution < -0.4 is 0 Å². The van der Waals surface area contributed by atoms with Crippen LogP contribution in [0.5, 0.6) is 0 Å². The van der Waals surface area contributed by atoms with E-state index in [0.29, 0.717) is 17.8 Å². The summed E-state index contributed by atoms with van der Waals surface area (Å²) >= 11 is 0. The lowest BCUT2D eigenvalue weighted by molar-refractivity contribution is -0.103. The number of H-pyrrole nitrogens is 1. The van der Waals surface area contributed by atoms with Gasteiger partial charge in [0, 0.05) is 23.2 Å². The van der Waals surface area contributed by atoms with Gasteiger partial charge in [0.25, 0.3) is 0 Å². The molecule has 0 radical (unpaired) electrons. The fourth-order valence-electron chi connectivity index (χ4n) is 2.71. The van der Waals surface area contributed by atoms with Crippen LogP contribution in [0.3, 0.4) is 0 Å². The van der Waals surface area contributed by atoms with Crippen molar-refractivity contribution in [2.45, 2.75) is 60.5 Å². The maximum Gasteiger partial charge on any atom is 0.355 e. The van der Waals surface area contributed by atoms with Crippen LogP contribution in [-0.4, -0.2) is 28.6 Å². The maximum absolute atomic E-state index is 12.3. The van der Waals surface area contributed by atoms with Crippen molar-refractivity contribution < 1.29 is 14.3 Å². The van der Waals surface area contributed by atoms with Crippen LogP contribution in [0, 0.1) is 19.3 Å². The smallest absolute Gasteiger partial charge is 0.355 e. The second-order valence-electron chi connectivity index (χ2n) is 7.98. The predicted molar refractivity (Wildman–Crippen MR) is 95.3 cm³/mol. The topological polar surface area (TPSA) is 71.5 Å². The molecule has 0 saturated carbocycles. The quantitative estimate of drug-likeness (QED) is 0.672. The zero-order chi connectivity index (χ0) is 18.3. The van der Waals surface area contributed by atoms with Gasteiger partial charge in [-0.05, 0) is 51.8 Å². The highest BCUT2D eigenvalue weighted by Crippen LogP contribution is 2.35. The van der Waals surface area contributed by atoms with E-state index < -0.39 is 5.60 Å². The second kappa shape index (κ2) is 6.04. The fraction of sp³-hybridized carbons (Fsp3) is 0.526. The first-order valence-corrected chi connectivity index (χ1v) is 8.12. The van der Waals surface area contributed by atoms with Crippen LogP contribution in [0.4, 0.5) is 0 Å². The molecule has 1 aliphatic heterocycles. The Labute approximate surface area is 143 Å². The van der Waals surface area contributed by atoms with Crippen LogP contribution in [0.1, 0.15) is 68.3 Å². The molecule has 2 rings (SSSR count). The Bertz CT molecular complexity index is 743. The van der Waals surface area contributed by atoms with Crippen LogP contribution in [0.15, 0.2) is 10.7 Å². The number of aromatic nitrogens is 1. The number of esters is 1. The molecule has 0 spiro atoms. The Morgan fingerprint density at radius 2 is 1.88 bits per heavy atom. The van der Waals surface area contributed by atoms with Gasteiger partial charge in [-0.25, -0.2) is 4.79 Å². The van der Waals surface area contributed by atoms with Crippen molar-refractivity contribution in [2.24, 2.45) is 10.4 Å². The average Bonchev–Trinajstić information content (AvgIpc) is 2.87. The average molecular weight is 330 g/mol. The van der Waals surface area contributed by atoms with E-state index in [4.69, 9.17) is 4.74 Å². The molecule has 0 unspecified atom stereocenters. The largest absolute Gasteiger partial charge is 0.455 e. The summed E-state index contributed by atoms with van der Waals surface area (Å²) in [6.45, 7) is 13.4. The van der Waals surface area contributed by atoms with Crippen molar-refractivity contribution in [1.82, 2.24) is 4.98 Å². The highest BCUT2D eigenvalue weighted by Gasteiger charge is 2.32. The van der Waals surface area contributed by atoms with E-state index in [0.717, 1.165) is 28.8 Å². The van der Waals surface area contributed by atoms with Gasteiger partial charge >= 0.3 is 5.97 Å². The van der Waals surface area contributed by atoms with Crippen LogP contribution >= 0.6 is 0 Å². The minimum absolute atomic E-state index is 0.253. The van der Waals surface area contributed by atoms with Crippen molar-refractivity contribution in [3.05, 3.63) is 28.2 Å². The highest BCUT2D eigenvalue weighted by atomic mass is 16.6. The number of carbonyl (C=O) groups is 2. The first-order valence-electron chi connectivity index (χ1n) is 8.12. The normalized spacial score (nSPS) is 18.6. The number of ether oxygens (including phenoxy) is 1. The van der Waals surface area contributed by atoms with E-state index in [9.17, 15) is 9.59 Å². The van der Waals surface area contributed by atoms with Crippen LogP contribution in [0.2, 0.25) is 0 Å². The molecule has 0 aliphatic carbocycles. The Kier molecular flexibility index (Phi) is 4.57. The number of allylic oxidation sites excluding steroid dienone is 1. The monoisotopic (exact) mass is 330 g/mol. The third kappa shape index (κ3) is 3.66. The van der Waals surface area contributed by atoms with Crippen LogP contribution in [0.25, 0.3) is 6.08 Å². The molecule has 1 aromatic heterocycles. The summed E-state index contributed by atoms with van der Waals surface area (Å²) in [5.74, 6) is -0.364. The summed E-state index contributed by atoms with van der Waals surface area (Å²) in [6.07, 6.45) is 3.43. The molecule has 0 bridgehead atoms. The summed E-state index contributed by atoms with van der Waals surface area (Å²) in [7, 11) is 0. The highest BCUT2D eigenvalue weighted by molar-refractivity contribution is 6.31. The van der Waals surface area contributed by atoms with Crippen molar-refractivity contribution in [2.75, 3.05) is 0 Å². The van der Waals surface area contributed by atoms with E-state index in [1.807, 2.05) is 54.5 Å². The number of hydrogen-bond donors (Lipinski definition) is 1. The molecule has 130 valence electrons. The van der Waals surface area contributed by atoms with Crippen molar-refractivity contribution >= 4 is 24.0 Å². The molecule has 2 heterocycles. The van der Waals surface area contributed by atoms with Gasteiger partial charge in [-0.3, -0.25) is 9.79 Å². The molecular weight excluding hydrogens is 304 g/mol. The molecule has 1 aliphatic rings. The Morgan fingerprint density at radius 3 is 2.38 bits per heavy atom. The molecule has 0 aromatic carbocycles. The zero-order valence-corrected chi connectivity index (χ0v) is 15.5. The molecule has 1 N–H and O–H groups in total. The first-order chi connectivity index (χ1) is 10.9. The van der Waals surface area contributed by atoms with E-state index in [1.54, 1.807) is 0 Å². The lowest BCUT2D eigenvalue weighted by Gasteiger charge is -2.19. The molecule has 1 aromatic rings. The van der Waals surface area contributed by atoms with E-state index in [-0.39, 0.29) is 11.4 Å². The first kappa shape index (κ1) is 18.2. The molecule has 5 nitrogen and oxygen atoms in total. The van der Waals surface area contributed by atoms with Gasteiger partial charge in [-0.15, -0.1) is 0 Å². The van der Waals surface area contributed by atoms with Crippen molar-refractivity contribution in [3.8, 4) is 0 Å². The molecule has 0 saturated heterocycles. The number of nitrogens with zero attached hydrogens (tertiary/aromatic N) is 1. The van der Waals surface area contributed by atoms with Gasteiger partial charge < -0.3 is 9.72 Å². The Morgan fingerprint density at radius 1 is 1.25 bits per heavy atom. The molecule has 5 heteroatoms. The van der Waals surface area contributed by atoms with Gasteiger partial charge in [0.15, 0.2) is 6.29 Å². The summed E-state index contributed by atoms with van der Waals surface area (Å²) in [5.41, 5.74) is 3.74. The summed E-state index contributed by atoms with van der Waals surface area (Å²) in [5, 5.41) is 0. The lowest BCUT2D eigenvalue weighted by Crippen LogP contribution is -2.24. The molecule has 24 heavy (non-hydrogen) atoms. The minimum Gasteiger partial charge on any atom is -0.455 e. The summed E-state index contributed by atoms with van der Waals surface area (Å²) < 4.78 is 5.45. The Hall–Kier alpha value is -2.17. The number of nitrogens with one attached hydrogen (secondary N) is 1. The van der Waals surface area contributed by atoms with E-state index in [2.05, 4.69) is 9.98 Å². The zero-order valence-electron chi connectivity index (χ0n) is 15.5. The number of hydrogen-bond acceptors (Lipinski definition) is 4. The van der Waals surface area contributed by atoms with Gasteiger partial charge in [-0.1, -0.05) is 13.8 Å². The third-order valence-electron chi connectivity index (χ3n) is 4.21. The van der Waals surface area contributed by atoms with Crippen molar-refractivity contribution in [3.63, 3.8) is 0 Å². The molecule has 0 amide bonds. The Balaban J connectivity index is 2.36. The molecule has 0 fully saturated rings. The van der Waals surface area contributed by atoms with Gasteiger partial charge in [0.2, 0.25) is 0 Å². The van der Waals surface area contributed by atoms with Gasteiger partial charge in [0.1, 0.15) is 11.3 Å². The SMILES string of the molecule is Cc1c(/C=C2/CC(C)(C)C(C=O)=N2)[nH]c(C(=O)OC(C)(C)C)c1C. The van der Waals surface area contributed by atoms with Gasteiger partial charge in [-0.2, -0.15) is 0 Å². The fourth-order valence-corrected chi connectivity index (χ4v) is 2.71. The van der Waals surface area contributed by atoms with Gasteiger partial charge in [0.05, 0.1) is 5.71 Å². The number of rotatable bonds is 3. The summed E-state index contributed by atoms with van der Waals surface area (Å²) in [4.78, 5) is 31.0. The maximum atomic E-state index is 12.3. The van der Waals surface area contributed by atoms with Crippen molar-refractivity contribution in [1.29, 1.82) is 0 Å². The number of aliphatic imine (C=N–C) groups is 1. The van der Waals surface area contributed by atoms with Crippen LogP contribution in [-0.2, 0) is 9.53 Å². The van der Waals surface area contributed by atoms with E-state index in [1.165, 1.54) is 0 Å². The second-order valence-corrected chi connectivity index (χ2v) is 7.98. The third-order valence-corrected chi connectivity index (χ3v) is 4.21. The standard InChI is InChI=1S/C19H26N2O3/c1-11-12(2)16(17(23)24-18(3,4)5)21-14(11)8-13-9-19(6,7)15(10-22)20-13/h8,10,21H,9H2,1-7H3/b13-8-. The minimum atomic E-state index is -0.542. The number of aromatic amines is 1. The van der Waals surface area contributed by atoms with E-state index >= 15 is 0 Å². The number of aldehydes is 1. The predicted octanol–water partition coefficient (Wildman–Crippen LogP) is 4.00.